The number of nitrogens with two attached hydrogens (primary N) is 1. The molecule has 0 saturated heterocycles. The van der Waals surface area contributed by atoms with Gasteiger partial charge in [-0.25, -0.2) is 0 Å². The second-order valence-corrected chi connectivity index (χ2v) is 5.53. The van der Waals surface area contributed by atoms with Gasteiger partial charge in [0.15, 0.2) is 0 Å². The van der Waals surface area contributed by atoms with Crippen LogP contribution in [0.4, 0.5) is 0 Å². The Morgan fingerprint density at radius 2 is 1.64 bits per heavy atom. The molecule has 76 valence electrons. The first kappa shape index (κ1) is 10.1. The molecule has 1 aliphatic carbocycles. The first-order valence-corrected chi connectivity index (χ1v) is 6.13. The third-order valence-corrected chi connectivity index (χ3v) is 4.09. The molecule has 1 saturated carbocycles. The SMILES string of the molecule is NC1(Sc2ccccc2)CCCCC1. The van der Waals surface area contributed by atoms with E-state index in [4.69, 9.17) is 5.73 Å². The lowest BCUT2D eigenvalue weighted by Crippen LogP contribution is -2.37. The molecule has 0 atom stereocenters. The van der Waals surface area contributed by atoms with Crippen molar-refractivity contribution in [1.82, 2.24) is 0 Å². The van der Waals surface area contributed by atoms with Crippen molar-refractivity contribution >= 4 is 11.8 Å². The highest BCUT2D eigenvalue weighted by atomic mass is 32.2. The van der Waals surface area contributed by atoms with Crippen LogP contribution in [-0.2, 0) is 0 Å². The highest BCUT2D eigenvalue weighted by Crippen LogP contribution is 2.39. The van der Waals surface area contributed by atoms with Crippen LogP contribution in [0.25, 0.3) is 0 Å². The number of rotatable bonds is 2. The maximum atomic E-state index is 6.35. The molecule has 1 aromatic rings. The van der Waals surface area contributed by atoms with Gasteiger partial charge in [-0.1, -0.05) is 37.5 Å². The summed E-state index contributed by atoms with van der Waals surface area (Å²) in [6.07, 6.45) is 6.25. The minimum atomic E-state index is -0.000394. The van der Waals surface area contributed by atoms with Crippen LogP contribution in [0.5, 0.6) is 0 Å². The van der Waals surface area contributed by atoms with Crippen LogP contribution in [0.3, 0.4) is 0 Å². The molecule has 0 aliphatic heterocycles. The summed E-state index contributed by atoms with van der Waals surface area (Å²) in [5.74, 6) is 0. The first-order valence-electron chi connectivity index (χ1n) is 5.31. The topological polar surface area (TPSA) is 26.0 Å². The normalized spacial score (nSPS) is 20.6. The zero-order valence-electron chi connectivity index (χ0n) is 8.41. The Hall–Kier alpha value is -0.470. The van der Waals surface area contributed by atoms with Crippen molar-refractivity contribution in [3.63, 3.8) is 0 Å². The molecule has 1 fully saturated rings. The summed E-state index contributed by atoms with van der Waals surface area (Å²) >= 11 is 1.84. The fourth-order valence-electron chi connectivity index (χ4n) is 1.98. The van der Waals surface area contributed by atoms with E-state index in [2.05, 4.69) is 24.3 Å². The Bertz CT molecular complexity index is 278. The lowest BCUT2D eigenvalue weighted by Gasteiger charge is -2.32. The summed E-state index contributed by atoms with van der Waals surface area (Å²) < 4.78 is 0. The molecule has 2 heteroatoms. The largest absolute Gasteiger partial charge is 0.317 e. The van der Waals surface area contributed by atoms with Gasteiger partial charge in [-0.05, 0) is 25.0 Å². The lowest BCUT2D eigenvalue weighted by atomic mass is 9.96. The molecule has 1 nitrogen and oxygen atoms in total. The molecule has 0 radical (unpaired) electrons. The second-order valence-electron chi connectivity index (χ2n) is 4.04. The lowest BCUT2D eigenvalue weighted by molar-refractivity contribution is 0.407. The summed E-state index contributed by atoms with van der Waals surface area (Å²) in [6.45, 7) is 0. The van der Waals surface area contributed by atoms with E-state index in [9.17, 15) is 0 Å². The van der Waals surface area contributed by atoms with E-state index in [0.29, 0.717) is 0 Å². The molecule has 0 heterocycles. The Morgan fingerprint density at radius 3 is 2.29 bits per heavy atom. The molecule has 1 aliphatic rings. The van der Waals surface area contributed by atoms with E-state index in [0.717, 1.165) is 12.8 Å². The molecule has 0 aromatic heterocycles. The average Bonchev–Trinajstić information content (AvgIpc) is 2.19. The van der Waals surface area contributed by atoms with Gasteiger partial charge in [-0.2, -0.15) is 0 Å². The zero-order valence-corrected chi connectivity index (χ0v) is 9.22. The van der Waals surface area contributed by atoms with Crippen LogP contribution >= 0.6 is 11.8 Å². The minimum Gasteiger partial charge on any atom is -0.317 e. The van der Waals surface area contributed by atoms with E-state index in [-0.39, 0.29) is 4.87 Å². The Kier molecular flexibility index (Phi) is 3.14. The van der Waals surface area contributed by atoms with Crippen molar-refractivity contribution in [2.45, 2.75) is 41.9 Å². The van der Waals surface area contributed by atoms with Gasteiger partial charge < -0.3 is 5.73 Å². The number of hydrogen-bond donors (Lipinski definition) is 1. The van der Waals surface area contributed by atoms with Gasteiger partial charge in [0.05, 0.1) is 4.87 Å². The fraction of sp³-hybridized carbons (Fsp3) is 0.500. The van der Waals surface area contributed by atoms with Crippen LogP contribution in [-0.4, -0.2) is 4.87 Å². The number of benzene rings is 1. The molecule has 1 aromatic carbocycles. The molecule has 0 amide bonds. The van der Waals surface area contributed by atoms with Crippen LogP contribution in [0.1, 0.15) is 32.1 Å². The van der Waals surface area contributed by atoms with Gasteiger partial charge in [-0.15, -0.1) is 11.8 Å². The van der Waals surface area contributed by atoms with E-state index in [1.165, 1.54) is 24.2 Å². The molecule has 0 spiro atoms. The third-order valence-electron chi connectivity index (χ3n) is 2.76. The maximum absolute atomic E-state index is 6.35. The molecule has 14 heavy (non-hydrogen) atoms. The van der Waals surface area contributed by atoms with E-state index in [1.807, 2.05) is 17.8 Å². The van der Waals surface area contributed by atoms with Gasteiger partial charge in [-0.3, -0.25) is 0 Å². The quantitative estimate of drug-likeness (QED) is 0.752. The van der Waals surface area contributed by atoms with Crippen molar-refractivity contribution in [1.29, 1.82) is 0 Å². The average molecular weight is 207 g/mol. The highest BCUT2D eigenvalue weighted by Gasteiger charge is 2.28. The van der Waals surface area contributed by atoms with Crippen molar-refractivity contribution in [3.8, 4) is 0 Å². The van der Waals surface area contributed by atoms with Crippen LogP contribution in [0.2, 0.25) is 0 Å². The Labute approximate surface area is 90.1 Å². The molecule has 0 unspecified atom stereocenters. The maximum Gasteiger partial charge on any atom is 0.0666 e. The third kappa shape index (κ3) is 2.52. The Morgan fingerprint density at radius 1 is 1.00 bits per heavy atom. The summed E-state index contributed by atoms with van der Waals surface area (Å²) in [5, 5.41) is 0. The summed E-state index contributed by atoms with van der Waals surface area (Å²) in [4.78, 5) is 1.30. The van der Waals surface area contributed by atoms with E-state index >= 15 is 0 Å². The summed E-state index contributed by atoms with van der Waals surface area (Å²) in [5.41, 5.74) is 6.35. The fourth-order valence-corrected chi connectivity index (χ4v) is 3.23. The molecule has 2 rings (SSSR count). The molecular formula is C12H17NS. The van der Waals surface area contributed by atoms with E-state index < -0.39 is 0 Å². The van der Waals surface area contributed by atoms with Gasteiger partial charge in [0.1, 0.15) is 0 Å². The first-order chi connectivity index (χ1) is 6.79. The summed E-state index contributed by atoms with van der Waals surface area (Å²) in [7, 11) is 0. The summed E-state index contributed by atoms with van der Waals surface area (Å²) in [6, 6.07) is 10.5. The smallest absolute Gasteiger partial charge is 0.0666 e. The van der Waals surface area contributed by atoms with Crippen molar-refractivity contribution < 1.29 is 0 Å². The van der Waals surface area contributed by atoms with E-state index in [1.54, 1.807) is 0 Å². The second kappa shape index (κ2) is 4.37. The van der Waals surface area contributed by atoms with Crippen molar-refractivity contribution in [2.75, 3.05) is 0 Å². The highest BCUT2D eigenvalue weighted by molar-refractivity contribution is 8.00. The molecular weight excluding hydrogens is 190 g/mol. The number of thioether (sulfide) groups is 1. The zero-order chi connectivity index (χ0) is 9.86. The van der Waals surface area contributed by atoms with Gasteiger partial charge >= 0.3 is 0 Å². The van der Waals surface area contributed by atoms with Crippen LogP contribution in [0.15, 0.2) is 35.2 Å². The predicted molar refractivity (Wildman–Crippen MR) is 62.3 cm³/mol. The Balaban J connectivity index is 2.02. The predicted octanol–water partition coefficient (Wildman–Crippen LogP) is 3.40. The van der Waals surface area contributed by atoms with Crippen LogP contribution < -0.4 is 5.73 Å². The minimum absolute atomic E-state index is 0.000394. The molecule has 0 bridgehead atoms. The van der Waals surface area contributed by atoms with Crippen molar-refractivity contribution in [2.24, 2.45) is 5.73 Å². The van der Waals surface area contributed by atoms with Gasteiger partial charge in [0.2, 0.25) is 0 Å². The van der Waals surface area contributed by atoms with Gasteiger partial charge in [0.25, 0.3) is 0 Å². The standard InChI is InChI=1S/C12H17NS/c13-12(9-5-2-6-10-12)14-11-7-3-1-4-8-11/h1,3-4,7-8H,2,5-6,9-10,13H2. The number of hydrogen-bond acceptors (Lipinski definition) is 2. The van der Waals surface area contributed by atoms with Crippen molar-refractivity contribution in [3.05, 3.63) is 30.3 Å². The van der Waals surface area contributed by atoms with Gasteiger partial charge in [0, 0.05) is 4.90 Å². The monoisotopic (exact) mass is 207 g/mol. The molecule has 2 N–H and O–H groups in total. The van der Waals surface area contributed by atoms with Crippen LogP contribution in [0, 0.1) is 0 Å².